The van der Waals surface area contributed by atoms with Crippen molar-refractivity contribution in [2.75, 3.05) is 20.6 Å². The summed E-state index contributed by atoms with van der Waals surface area (Å²) < 4.78 is 0.959. The Morgan fingerprint density at radius 2 is 1.25 bits per heavy atom. The van der Waals surface area contributed by atoms with E-state index in [0.29, 0.717) is 0 Å². The van der Waals surface area contributed by atoms with E-state index in [0.717, 1.165) is 11.0 Å². The van der Waals surface area contributed by atoms with Crippen LogP contribution in [0.3, 0.4) is 0 Å². The zero-order chi connectivity index (χ0) is 8.32. The van der Waals surface area contributed by atoms with E-state index in [4.69, 9.17) is 0 Å². The van der Waals surface area contributed by atoms with Gasteiger partial charge in [0.05, 0.1) is 20.6 Å². The Bertz CT molecular complexity index is 232. The number of quaternary nitrogens is 1. The fourth-order valence-corrected chi connectivity index (χ4v) is 1.01. The topological polar surface area (TPSA) is 0 Å². The standard InChI is InChI=1S/C10H16N.Al.4BrH/c1-4-11(2,3)10-8-6-5-7-9-10;;;;;/h5-9H,4H2,1-3H3;;4*1H/q+1;+3;;;;/p-4. The molecule has 0 fully saturated rings. The van der Waals surface area contributed by atoms with Gasteiger partial charge < -0.3 is 67.9 Å². The number of halogens is 4. The minimum absolute atomic E-state index is 0. The van der Waals surface area contributed by atoms with Crippen molar-refractivity contribution in [3.63, 3.8) is 0 Å². The van der Waals surface area contributed by atoms with Gasteiger partial charge in [0.2, 0.25) is 0 Å². The molecular weight excluding hydrogens is 481 g/mol. The molecule has 0 N–H and O–H groups in total. The van der Waals surface area contributed by atoms with Gasteiger partial charge in [-0.3, -0.25) is 4.48 Å². The van der Waals surface area contributed by atoms with Crippen molar-refractivity contribution < 1.29 is 67.9 Å². The minimum Gasteiger partial charge on any atom is -1.00 e. The van der Waals surface area contributed by atoms with Gasteiger partial charge in [0, 0.05) is 0 Å². The van der Waals surface area contributed by atoms with E-state index in [2.05, 4.69) is 51.4 Å². The van der Waals surface area contributed by atoms with E-state index in [9.17, 15) is 0 Å². The van der Waals surface area contributed by atoms with Crippen LogP contribution in [0, 0.1) is 0 Å². The quantitative estimate of drug-likeness (QED) is 0.282. The van der Waals surface area contributed by atoms with Crippen molar-refractivity contribution in [2.24, 2.45) is 0 Å². The first-order valence-electron chi connectivity index (χ1n) is 4.05. The van der Waals surface area contributed by atoms with Crippen LogP contribution in [-0.2, 0) is 0 Å². The Labute approximate surface area is 152 Å². The molecule has 0 heterocycles. The summed E-state index contributed by atoms with van der Waals surface area (Å²) in [5.74, 6) is 0. The summed E-state index contributed by atoms with van der Waals surface area (Å²) in [5, 5.41) is 0. The fourth-order valence-electron chi connectivity index (χ4n) is 1.01. The van der Waals surface area contributed by atoms with Crippen LogP contribution in [0.5, 0.6) is 0 Å². The third kappa shape index (κ3) is 9.64. The molecule has 0 saturated carbocycles. The van der Waals surface area contributed by atoms with Gasteiger partial charge in [-0.2, -0.15) is 0 Å². The molecular formula is C10H16AlBr4N. The Balaban J connectivity index is -0.0000000807. The van der Waals surface area contributed by atoms with E-state index >= 15 is 0 Å². The zero-order valence-corrected chi connectivity index (χ0v) is 17.1. The van der Waals surface area contributed by atoms with Crippen molar-refractivity contribution >= 4 is 23.0 Å². The van der Waals surface area contributed by atoms with Gasteiger partial charge in [0.1, 0.15) is 5.69 Å². The van der Waals surface area contributed by atoms with Gasteiger partial charge in [-0.05, 0) is 19.1 Å². The Morgan fingerprint density at radius 3 is 1.56 bits per heavy atom. The molecule has 0 radical (unpaired) electrons. The smallest absolute Gasteiger partial charge is 1.00 e. The molecule has 1 aromatic carbocycles. The number of nitrogens with zero attached hydrogens (tertiary/aromatic N) is 1. The Kier molecular flexibility index (Phi) is 28.1. The summed E-state index contributed by atoms with van der Waals surface area (Å²) in [5.41, 5.74) is 1.37. The van der Waals surface area contributed by atoms with E-state index < -0.39 is 0 Å². The van der Waals surface area contributed by atoms with Gasteiger partial charge >= 0.3 is 17.4 Å². The maximum atomic E-state index is 2.22. The molecule has 92 valence electrons. The van der Waals surface area contributed by atoms with Crippen LogP contribution >= 0.6 is 0 Å². The number of hydrogen-bond donors (Lipinski definition) is 0. The number of rotatable bonds is 2. The Hall–Kier alpha value is 1.63. The molecule has 6 heteroatoms. The molecule has 0 aliphatic carbocycles. The SMILES string of the molecule is CC[N+](C)(C)c1ccccc1.[Al+3].[Br-].[Br-].[Br-].[Br-]. The summed E-state index contributed by atoms with van der Waals surface area (Å²) in [7, 11) is 4.44. The summed E-state index contributed by atoms with van der Waals surface area (Å²) in [6.45, 7) is 3.33. The van der Waals surface area contributed by atoms with Crippen LogP contribution in [0.2, 0.25) is 0 Å². The number of hydrogen-bond acceptors (Lipinski definition) is 0. The largest absolute Gasteiger partial charge is 3.00 e. The normalized spacial score (nSPS) is 7.94. The van der Waals surface area contributed by atoms with Gasteiger partial charge in [0.15, 0.2) is 0 Å². The van der Waals surface area contributed by atoms with Crippen molar-refractivity contribution in [3.8, 4) is 0 Å². The molecule has 0 unspecified atom stereocenters. The average Bonchev–Trinajstić information content (AvgIpc) is 2.06. The number of benzene rings is 1. The summed E-state index contributed by atoms with van der Waals surface area (Å²) in [6, 6.07) is 10.6. The second-order valence-corrected chi connectivity index (χ2v) is 3.34. The first kappa shape index (κ1) is 30.6. The Morgan fingerprint density at radius 1 is 0.875 bits per heavy atom. The molecule has 0 amide bonds. The summed E-state index contributed by atoms with van der Waals surface area (Å²) >= 11 is 0. The first-order chi connectivity index (χ1) is 5.17. The van der Waals surface area contributed by atoms with E-state index in [-0.39, 0.29) is 85.3 Å². The average molecular weight is 497 g/mol. The maximum Gasteiger partial charge on any atom is 3.00 e. The van der Waals surface area contributed by atoms with Crippen LogP contribution in [0.25, 0.3) is 0 Å². The first-order valence-corrected chi connectivity index (χ1v) is 4.05. The molecule has 1 rings (SSSR count). The van der Waals surface area contributed by atoms with Crippen LogP contribution < -0.4 is 72.4 Å². The minimum atomic E-state index is 0. The predicted molar refractivity (Wildman–Crippen MR) is 56.4 cm³/mol. The third-order valence-electron chi connectivity index (χ3n) is 2.25. The molecule has 1 aromatic rings. The van der Waals surface area contributed by atoms with Gasteiger partial charge in [-0.25, -0.2) is 0 Å². The van der Waals surface area contributed by atoms with Crippen LogP contribution in [0.1, 0.15) is 6.92 Å². The molecule has 0 aliphatic rings. The molecule has 0 spiro atoms. The second-order valence-electron chi connectivity index (χ2n) is 3.34. The van der Waals surface area contributed by atoms with Gasteiger partial charge in [-0.1, -0.05) is 18.2 Å². The molecule has 0 atom stereocenters. The van der Waals surface area contributed by atoms with Crippen LogP contribution in [0.4, 0.5) is 5.69 Å². The molecule has 0 saturated heterocycles. The van der Waals surface area contributed by atoms with Gasteiger partial charge in [-0.15, -0.1) is 0 Å². The van der Waals surface area contributed by atoms with Crippen molar-refractivity contribution in [2.45, 2.75) is 6.92 Å². The number of para-hydroxylation sites is 1. The summed E-state index contributed by atoms with van der Waals surface area (Å²) in [6.07, 6.45) is 0. The van der Waals surface area contributed by atoms with Crippen molar-refractivity contribution in [1.29, 1.82) is 0 Å². The zero-order valence-electron chi connectivity index (χ0n) is 9.63. The third-order valence-corrected chi connectivity index (χ3v) is 2.25. The molecule has 0 bridgehead atoms. The van der Waals surface area contributed by atoms with E-state index in [1.54, 1.807) is 0 Å². The molecule has 0 aromatic heterocycles. The van der Waals surface area contributed by atoms with Crippen LogP contribution in [-0.4, -0.2) is 38.0 Å². The molecule has 0 aliphatic heterocycles. The maximum absolute atomic E-state index is 2.22. The monoisotopic (exact) mass is 493 g/mol. The van der Waals surface area contributed by atoms with E-state index in [1.807, 2.05) is 0 Å². The van der Waals surface area contributed by atoms with Crippen LogP contribution in [0.15, 0.2) is 30.3 Å². The molecule has 1 nitrogen and oxygen atoms in total. The fraction of sp³-hybridized carbons (Fsp3) is 0.400. The van der Waals surface area contributed by atoms with Gasteiger partial charge in [0.25, 0.3) is 0 Å². The predicted octanol–water partition coefficient (Wildman–Crippen LogP) is -10.1. The van der Waals surface area contributed by atoms with Crippen molar-refractivity contribution in [3.05, 3.63) is 30.3 Å². The molecule has 16 heavy (non-hydrogen) atoms. The van der Waals surface area contributed by atoms with Crippen molar-refractivity contribution in [1.82, 2.24) is 4.48 Å². The summed E-state index contributed by atoms with van der Waals surface area (Å²) in [4.78, 5) is 0. The second kappa shape index (κ2) is 14.7. The van der Waals surface area contributed by atoms with E-state index in [1.165, 1.54) is 5.69 Å².